The Kier molecular flexibility index (Phi) is 4.40. The van der Waals surface area contributed by atoms with Crippen molar-refractivity contribution in [1.29, 1.82) is 0 Å². The van der Waals surface area contributed by atoms with Crippen LogP contribution in [-0.4, -0.2) is 46.4 Å². The van der Waals surface area contributed by atoms with Crippen LogP contribution in [0.5, 0.6) is 5.75 Å². The number of hydrogen-bond acceptors (Lipinski definition) is 4. The van der Waals surface area contributed by atoms with E-state index in [0.717, 1.165) is 23.4 Å². The minimum Gasteiger partial charge on any atom is -0.497 e. The molecule has 3 aliphatic heterocycles. The molecule has 2 aromatic heterocycles. The van der Waals surface area contributed by atoms with Gasteiger partial charge in [-0.1, -0.05) is 12.1 Å². The lowest BCUT2D eigenvalue weighted by atomic mass is 9.68. The Morgan fingerprint density at radius 1 is 1.04 bits per heavy atom. The van der Waals surface area contributed by atoms with Crippen LogP contribution in [0.15, 0.2) is 55.0 Å². The molecule has 5 heteroatoms. The highest BCUT2D eigenvalue weighted by atomic mass is 16.5. The largest absolute Gasteiger partial charge is 0.497 e. The lowest BCUT2D eigenvalue weighted by molar-refractivity contribution is 0.0266. The van der Waals surface area contributed by atoms with Crippen LogP contribution in [0.4, 0.5) is 0 Å². The molecule has 3 aliphatic rings. The van der Waals surface area contributed by atoms with Gasteiger partial charge in [0.25, 0.3) is 0 Å². The van der Waals surface area contributed by atoms with Gasteiger partial charge >= 0.3 is 0 Å². The van der Waals surface area contributed by atoms with Gasteiger partial charge in [0, 0.05) is 18.0 Å². The Hall–Kier alpha value is -2.66. The first-order valence-electron chi connectivity index (χ1n) is 10.1. The van der Waals surface area contributed by atoms with Crippen molar-refractivity contribution in [2.75, 3.05) is 26.7 Å². The van der Waals surface area contributed by atoms with Crippen LogP contribution < -0.4 is 4.74 Å². The molecule has 0 spiro atoms. The fourth-order valence-electron chi connectivity index (χ4n) is 4.84. The van der Waals surface area contributed by atoms with E-state index in [1.165, 1.54) is 50.2 Å². The smallest absolute Gasteiger partial charge is 0.119 e. The highest BCUT2D eigenvalue weighted by Crippen LogP contribution is 2.44. The van der Waals surface area contributed by atoms with Crippen molar-refractivity contribution in [2.24, 2.45) is 5.41 Å². The van der Waals surface area contributed by atoms with Crippen LogP contribution in [0.1, 0.15) is 24.8 Å². The zero-order valence-electron chi connectivity index (χ0n) is 16.3. The SMILES string of the molecule is COc1cccc(-c2c(CC34CCN(CC3)CC4)cnn2-c2ccncc2)c1. The van der Waals surface area contributed by atoms with Gasteiger partial charge in [-0.2, -0.15) is 5.10 Å². The van der Waals surface area contributed by atoms with Gasteiger partial charge < -0.3 is 9.64 Å². The Morgan fingerprint density at radius 3 is 2.50 bits per heavy atom. The maximum atomic E-state index is 5.49. The molecule has 0 saturated carbocycles. The summed E-state index contributed by atoms with van der Waals surface area (Å²) in [5, 5.41) is 4.80. The predicted molar refractivity (Wildman–Crippen MR) is 110 cm³/mol. The third-order valence-electron chi connectivity index (χ3n) is 6.54. The Labute approximate surface area is 166 Å². The predicted octanol–water partition coefficient (Wildman–Crippen LogP) is 3.97. The molecule has 6 rings (SSSR count). The summed E-state index contributed by atoms with van der Waals surface area (Å²) in [4.78, 5) is 6.77. The molecule has 1 aromatic carbocycles. The van der Waals surface area contributed by atoms with Crippen LogP contribution in [0, 0.1) is 5.41 Å². The minimum atomic E-state index is 0.425. The van der Waals surface area contributed by atoms with E-state index in [-0.39, 0.29) is 0 Å². The van der Waals surface area contributed by atoms with E-state index in [2.05, 4.69) is 39.0 Å². The lowest BCUT2D eigenvalue weighted by Crippen LogP contribution is -2.49. The number of ether oxygens (including phenoxy) is 1. The van der Waals surface area contributed by atoms with Crippen LogP contribution >= 0.6 is 0 Å². The molecule has 0 atom stereocenters. The maximum Gasteiger partial charge on any atom is 0.119 e. The third kappa shape index (κ3) is 3.10. The molecule has 3 saturated heterocycles. The number of aromatic nitrogens is 3. The van der Waals surface area contributed by atoms with E-state index in [4.69, 9.17) is 9.84 Å². The zero-order chi connectivity index (χ0) is 19.0. The highest BCUT2D eigenvalue weighted by Gasteiger charge is 2.40. The summed E-state index contributed by atoms with van der Waals surface area (Å²) in [6.45, 7) is 3.73. The minimum absolute atomic E-state index is 0.425. The average Bonchev–Trinajstić information content (AvgIpc) is 3.18. The van der Waals surface area contributed by atoms with E-state index in [9.17, 15) is 0 Å². The summed E-state index contributed by atoms with van der Waals surface area (Å²) in [5.41, 5.74) is 5.12. The molecule has 3 fully saturated rings. The fraction of sp³-hybridized carbons (Fsp3) is 0.391. The van der Waals surface area contributed by atoms with Crippen molar-refractivity contribution in [3.63, 3.8) is 0 Å². The first-order chi connectivity index (χ1) is 13.8. The van der Waals surface area contributed by atoms with Gasteiger partial charge in [0.1, 0.15) is 5.75 Å². The van der Waals surface area contributed by atoms with E-state index < -0.39 is 0 Å². The molecule has 0 aliphatic carbocycles. The quantitative estimate of drug-likeness (QED) is 0.678. The van der Waals surface area contributed by atoms with Gasteiger partial charge in [-0.05, 0) is 80.6 Å². The number of pyridine rings is 1. The molecule has 0 unspecified atom stereocenters. The highest BCUT2D eigenvalue weighted by molar-refractivity contribution is 5.67. The van der Waals surface area contributed by atoms with Crippen molar-refractivity contribution in [2.45, 2.75) is 25.7 Å². The summed E-state index contributed by atoms with van der Waals surface area (Å²) in [6.07, 6.45) is 10.7. The average molecular weight is 374 g/mol. The number of hydrogen-bond donors (Lipinski definition) is 0. The van der Waals surface area contributed by atoms with Gasteiger partial charge in [0.2, 0.25) is 0 Å². The number of nitrogens with zero attached hydrogens (tertiary/aromatic N) is 4. The lowest BCUT2D eigenvalue weighted by Gasteiger charge is -2.48. The van der Waals surface area contributed by atoms with Crippen LogP contribution in [0.3, 0.4) is 0 Å². The Bertz CT molecular complexity index is 944. The van der Waals surface area contributed by atoms with Gasteiger partial charge in [-0.25, -0.2) is 4.68 Å². The fourth-order valence-corrected chi connectivity index (χ4v) is 4.84. The van der Waals surface area contributed by atoms with Crippen molar-refractivity contribution in [3.05, 3.63) is 60.6 Å². The second-order valence-electron chi connectivity index (χ2n) is 8.14. The first kappa shape index (κ1) is 17.4. The molecule has 28 heavy (non-hydrogen) atoms. The van der Waals surface area contributed by atoms with Gasteiger partial charge in [-0.15, -0.1) is 0 Å². The molecular weight excluding hydrogens is 348 g/mol. The summed E-state index contributed by atoms with van der Waals surface area (Å²) in [7, 11) is 1.72. The molecular formula is C23H26N4O. The molecule has 144 valence electrons. The van der Waals surface area contributed by atoms with Crippen LogP contribution in [0.25, 0.3) is 16.9 Å². The molecule has 0 amide bonds. The standard InChI is InChI=1S/C23H26N4O/c1-28-21-4-2-3-18(15-21)22-19(16-23-7-12-26(13-8-23)14-9-23)17-25-27(22)20-5-10-24-11-6-20/h2-6,10-11,15,17H,7-9,12-14,16H2,1H3. The number of rotatable bonds is 5. The molecule has 0 radical (unpaired) electrons. The van der Waals surface area contributed by atoms with Crippen molar-refractivity contribution in [1.82, 2.24) is 19.7 Å². The Morgan fingerprint density at radius 2 is 1.79 bits per heavy atom. The second kappa shape index (κ2) is 7.06. The van der Waals surface area contributed by atoms with E-state index in [1.54, 1.807) is 7.11 Å². The van der Waals surface area contributed by atoms with Gasteiger partial charge in [0.15, 0.2) is 0 Å². The molecule has 2 bridgehead atoms. The molecule has 5 nitrogen and oxygen atoms in total. The summed E-state index contributed by atoms with van der Waals surface area (Å²) >= 11 is 0. The summed E-state index contributed by atoms with van der Waals surface area (Å²) in [6, 6.07) is 12.3. The normalized spacial score (nSPS) is 23.7. The van der Waals surface area contributed by atoms with Crippen molar-refractivity contribution in [3.8, 4) is 22.7 Å². The third-order valence-corrected chi connectivity index (χ3v) is 6.54. The molecule has 3 aromatic rings. The molecule has 0 N–H and O–H groups in total. The van der Waals surface area contributed by atoms with Crippen molar-refractivity contribution < 1.29 is 4.74 Å². The first-order valence-corrected chi connectivity index (χ1v) is 10.1. The zero-order valence-corrected chi connectivity index (χ0v) is 16.3. The van der Waals surface area contributed by atoms with Crippen molar-refractivity contribution >= 4 is 0 Å². The Balaban J connectivity index is 1.60. The number of methoxy groups -OCH3 is 1. The van der Waals surface area contributed by atoms with Crippen LogP contribution in [-0.2, 0) is 6.42 Å². The topological polar surface area (TPSA) is 43.2 Å². The maximum absolute atomic E-state index is 5.49. The number of fused-ring (bicyclic) bond motifs is 3. The van der Waals surface area contributed by atoms with E-state index >= 15 is 0 Å². The summed E-state index contributed by atoms with van der Waals surface area (Å²) < 4.78 is 7.55. The molecule has 5 heterocycles. The monoisotopic (exact) mass is 374 g/mol. The van der Waals surface area contributed by atoms with E-state index in [1.807, 2.05) is 30.6 Å². The number of benzene rings is 1. The van der Waals surface area contributed by atoms with E-state index in [0.29, 0.717) is 5.41 Å². The van der Waals surface area contributed by atoms with Gasteiger partial charge in [0.05, 0.1) is 24.7 Å². The summed E-state index contributed by atoms with van der Waals surface area (Å²) in [5.74, 6) is 0.870. The number of piperidine rings is 3. The van der Waals surface area contributed by atoms with Crippen LogP contribution in [0.2, 0.25) is 0 Å². The second-order valence-corrected chi connectivity index (χ2v) is 8.14. The van der Waals surface area contributed by atoms with Gasteiger partial charge in [-0.3, -0.25) is 4.98 Å².